The Kier molecular flexibility index (Phi) is 6.05. The van der Waals surface area contributed by atoms with E-state index in [1.54, 1.807) is 11.3 Å². The first kappa shape index (κ1) is 16.4. The van der Waals surface area contributed by atoms with Crippen LogP contribution in [-0.2, 0) is 0 Å². The van der Waals surface area contributed by atoms with Crippen molar-refractivity contribution in [2.45, 2.75) is 51.3 Å². The number of rotatable bonds is 5. The van der Waals surface area contributed by atoms with E-state index in [2.05, 4.69) is 39.9 Å². The summed E-state index contributed by atoms with van der Waals surface area (Å²) in [6.45, 7) is 6.13. The Morgan fingerprint density at radius 3 is 2.55 bits per heavy atom. The van der Waals surface area contributed by atoms with Crippen LogP contribution < -0.4 is 5.73 Å². The molecule has 1 aliphatic rings. The molecule has 3 nitrogen and oxygen atoms in total. The molecule has 20 heavy (non-hydrogen) atoms. The molecule has 1 aromatic heterocycles. The highest BCUT2D eigenvalue weighted by molar-refractivity contribution is 9.11. The largest absolute Gasteiger partial charge is 0.393 e. The quantitative estimate of drug-likeness (QED) is 0.845. The zero-order valence-electron chi connectivity index (χ0n) is 12.3. The Morgan fingerprint density at radius 2 is 2.10 bits per heavy atom. The molecule has 0 saturated carbocycles. The van der Waals surface area contributed by atoms with Gasteiger partial charge in [0.25, 0.3) is 0 Å². The summed E-state index contributed by atoms with van der Waals surface area (Å²) in [4.78, 5) is 3.85. The topological polar surface area (TPSA) is 49.5 Å². The summed E-state index contributed by atoms with van der Waals surface area (Å²) in [6.07, 6.45) is 2.93. The summed E-state index contributed by atoms with van der Waals surface area (Å²) in [6, 6.07) is 4.78. The van der Waals surface area contributed by atoms with E-state index in [1.165, 1.54) is 8.66 Å². The smallest absolute Gasteiger partial charge is 0.0702 e. The summed E-state index contributed by atoms with van der Waals surface area (Å²) in [5.74, 6) is 0.444. The molecule has 0 bridgehead atoms. The van der Waals surface area contributed by atoms with Crippen molar-refractivity contribution in [2.24, 2.45) is 11.7 Å². The second-order valence-corrected chi connectivity index (χ2v) is 8.27. The number of aliphatic hydroxyl groups is 1. The van der Waals surface area contributed by atoms with E-state index in [-0.39, 0.29) is 12.1 Å². The second-order valence-electron chi connectivity index (χ2n) is 5.77. The van der Waals surface area contributed by atoms with E-state index in [9.17, 15) is 5.11 Å². The number of piperidine rings is 1. The van der Waals surface area contributed by atoms with Crippen molar-refractivity contribution < 1.29 is 5.11 Å². The van der Waals surface area contributed by atoms with Crippen LogP contribution in [0, 0.1) is 5.92 Å². The molecule has 3 unspecified atom stereocenters. The molecule has 1 aliphatic heterocycles. The molecule has 1 saturated heterocycles. The molecule has 0 aromatic carbocycles. The highest BCUT2D eigenvalue weighted by Crippen LogP contribution is 2.35. The summed E-state index contributed by atoms with van der Waals surface area (Å²) >= 11 is 5.34. The van der Waals surface area contributed by atoms with Gasteiger partial charge in [-0.05, 0) is 73.3 Å². The average Bonchev–Trinajstić information content (AvgIpc) is 2.85. The van der Waals surface area contributed by atoms with Gasteiger partial charge in [-0.3, -0.25) is 4.90 Å². The molecule has 114 valence electrons. The lowest BCUT2D eigenvalue weighted by molar-refractivity contribution is 0.0503. The van der Waals surface area contributed by atoms with Gasteiger partial charge in [-0.2, -0.15) is 0 Å². The van der Waals surface area contributed by atoms with Crippen LogP contribution in [0.2, 0.25) is 0 Å². The number of hydrogen-bond acceptors (Lipinski definition) is 4. The van der Waals surface area contributed by atoms with Crippen LogP contribution in [0.4, 0.5) is 0 Å². The summed E-state index contributed by atoms with van der Waals surface area (Å²) in [7, 11) is 0. The van der Waals surface area contributed by atoms with Crippen molar-refractivity contribution in [2.75, 3.05) is 13.1 Å². The van der Waals surface area contributed by atoms with Gasteiger partial charge < -0.3 is 10.8 Å². The molecule has 3 N–H and O–H groups in total. The Labute approximate surface area is 134 Å². The molecule has 0 amide bonds. The maximum Gasteiger partial charge on any atom is 0.0702 e. The maximum absolute atomic E-state index is 9.73. The molecule has 3 atom stereocenters. The van der Waals surface area contributed by atoms with Crippen LogP contribution in [0.5, 0.6) is 0 Å². The Morgan fingerprint density at radius 1 is 1.45 bits per heavy atom. The zero-order valence-corrected chi connectivity index (χ0v) is 14.7. The van der Waals surface area contributed by atoms with Crippen LogP contribution in [0.15, 0.2) is 15.9 Å². The molecule has 2 heterocycles. The lowest BCUT2D eigenvalue weighted by Crippen LogP contribution is -2.45. The highest BCUT2D eigenvalue weighted by Gasteiger charge is 2.31. The number of aliphatic hydroxyl groups excluding tert-OH is 1. The number of likely N-dealkylation sites (tertiary alicyclic amines) is 1. The van der Waals surface area contributed by atoms with Gasteiger partial charge in [0.1, 0.15) is 0 Å². The maximum atomic E-state index is 9.73. The second kappa shape index (κ2) is 7.36. The summed E-state index contributed by atoms with van der Waals surface area (Å²) < 4.78 is 1.17. The van der Waals surface area contributed by atoms with Crippen molar-refractivity contribution in [3.8, 4) is 0 Å². The van der Waals surface area contributed by atoms with Crippen LogP contribution >= 0.6 is 27.3 Å². The minimum absolute atomic E-state index is 0.170. The van der Waals surface area contributed by atoms with Crippen molar-refractivity contribution in [3.63, 3.8) is 0 Å². The lowest BCUT2D eigenvalue weighted by atomic mass is 9.90. The number of hydrogen-bond donors (Lipinski definition) is 2. The molecule has 5 heteroatoms. The molecule has 0 spiro atoms. The fraction of sp³-hybridized carbons (Fsp3) is 0.733. The first-order valence-corrected chi connectivity index (χ1v) is 9.06. The molecule has 1 fully saturated rings. The molecule has 0 aliphatic carbocycles. The predicted octanol–water partition coefficient (Wildman–Crippen LogP) is 3.38. The first-order chi connectivity index (χ1) is 9.52. The molecular weight excluding hydrogens is 336 g/mol. The molecule has 2 rings (SSSR count). The zero-order chi connectivity index (χ0) is 14.7. The van der Waals surface area contributed by atoms with Crippen LogP contribution in [-0.4, -0.2) is 35.2 Å². The first-order valence-electron chi connectivity index (χ1n) is 7.45. The van der Waals surface area contributed by atoms with Crippen LogP contribution in [0.3, 0.4) is 0 Å². The van der Waals surface area contributed by atoms with Crippen molar-refractivity contribution in [1.29, 1.82) is 0 Å². The normalized spacial score (nSPS) is 22.6. The fourth-order valence-corrected chi connectivity index (χ4v) is 4.69. The summed E-state index contributed by atoms with van der Waals surface area (Å²) in [5.41, 5.74) is 6.38. The third kappa shape index (κ3) is 3.83. The van der Waals surface area contributed by atoms with Gasteiger partial charge in [-0.1, -0.05) is 6.92 Å². The number of thiophene rings is 1. The predicted molar refractivity (Wildman–Crippen MR) is 89.0 cm³/mol. The lowest BCUT2D eigenvalue weighted by Gasteiger charge is -2.40. The van der Waals surface area contributed by atoms with Gasteiger partial charge in [-0.15, -0.1) is 11.3 Å². The molecule has 1 aromatic rings. The van der Waals surface area contributed by atoms with E-state index in [1.807, 2.05) is 6.92 Å². The van der Waals surface area contributed by atoms with E-state index in [4.69, 9.17) is 5.73 Å². The van der Waals surface area contributed by atoms with Crippen LogP contribution in [0.25, 0.3) is 0 Å². The molecule has 0 radical (unpaired) electrons. The summed E-state index contributed by atoms with van der Waals surface area (Å²) in [5, 5.41) is 9.73. The average molecular weight is 361 g/mol. The van der Waals surface area contributed by atoms with Gasteiger partial charge in [-0.25, -0.2) is 0 Å². The van der Waals surface area contributed by atoms with E-state index >= 15 is 0 Å². The van der Waals surface area contributed by atoms with Crippen molar-refractivity contribution in [3.05, 3.63) is 20.8 Å². The Bertz CT molecular complexity index is 416. The van der Waals surface area contributed by atoms with E-state index < -0.39 is 0 Å². The van der Waals surface area contributed by atoms with Crippen LogP contribution in [0.1, 0.15) is 44.0 Å². The van der Waals surface area contributed by atoms with E-state index in [0.717, 1.165) is 32.4 Å². The van der Waals surface area contributed by atoms with Gasteiger partial charge in [0.2, 0.25) is 0 Å². The third-order valence-corrected chi connectivity index (χ3v) is 6.11. The van der Waals surface area contributed by atoms with Gasteiger partial charge in [0.05, 0.1) is 15.9 Å². The Hall–Kier alpha value is 0.0600. The minimum atomic E-state index is -0.189. The number of nitrogens with zero attached hydrogens (tertiary/aromatic N) is 1. The number of nitrogens with two attached hydrogens (primary N) is 1. The van der Waals surface area contributed by atoms with E-state index in [0.29, 0.717) is 12.0 Å². The third-order valence-electron chi connectivity index (χ3n) is 4.41. The molecular formula is C15H25BrN2OS. The Balaban J connectivity index is 2.09. The van der Waals surface area contributed by atoms with Gasteiger partial charge in [0, 0.05) is 10.9 Å². The SMILES string of the molecule is CCC(N)C(c1ccc(Br)s1)N1CCC(C(C)O)CC1. The minimum Gasteiger partial charge on any atom is -0.393 e. The van der Waals surface area contributed by atoms with Gasteiger partial charge in [0.15, 0.2) is 0 Å². The van der Waals surface area contributed by atoms with Crippen molar-refractivity contribution >= 4 is 27.3 Å². The highest BCUT2D eigenvalue weighted by atomic mass is 79.9. The van der Waals surface area contributed by atoms with Crippen molar-refractivity contribution in [1.82, 2.24) is 4.90 Å². The fourth-order valence-electron chi connectivity index (χ4n) is 3.05. The number of halogens is 1. The van der Waals surface area contributed by atoms with Gasteiger partial charge >= 0.3 is 0 Å². The standard InChI is InChI=1S/C15H25BrN2OS/c1-3-12(17)15(13-4-5-14(16)20-13)18-8-6-11(7-9-18)10(2)19/h4-5,10-12,15,19H,3,6-9,17H2,1-2H3. The monoisotopic (exact) mass is 360 g/mol.